The molecule has 7 heteroatoms. The molecule has 5 rings (SSSR count). The van der Waals surface area contributed by atoms with E-state index >= 15 is 0 Å². The van der Waals surface area contributed by atoms with Crippen molar-refractivity contribution in [2.45, 2.75) is 6.92 Å². The predicted molar refractivity (Wildman–Crippen MR) is 141 cm³/mol. The summed E-state index contributed by atoms with van der Waals surface area (Å²) in [5.41, 5.74) is 11.9. The maximum atomic E-state index is 13.3. The van der Waals surface area contributed by atoms with Crippen LogP contribution >= 0.6 is 11.3 Å². The van der Waals surface area contributed by atoms with Gasteiger partial charge in [0.25, 0.3) is 5.91 Å². The highest BCUT2D eigenvalue weighted by Crippen LogP contribution is 2.43. The summed E-state index contributed by atoms with van der Waals surface area (Å²) in [5.74, 6) is -0.0589. The molecular weight excluding hydrogens is 461 g/mol. The number of carbonyl (C=O) groups is 1. The lowest BCUT2D eigenvalue weighted by Crippen LogP contribution is -2.11. The molecule has 0 aliphatic carbocycles. The number of hydrogen-bond acceptors (Lipinski definition) is 5. The molecule has 1 amide bonds. The first kappa shape index (κ1) is 22.6. The van der Waals surface area contributed by atoms with Gasteiger partial charge in [-0.05, 0) is 48.9 Å². The summed E-state index contributed by atoms with van der Waals surface area (Å²) in [7, 11) is 1.62. The maximum Gasteiger partial charge on any atom is 0.267 e. The molecule has 0 fully saturated rings. The molecule has 174 valence electrons. The van der Waals surface area contributed by atoms with Crippen LogP contribution in [0.15, 0.2) is 78.9 Å². The van der Waals surface area contributed by atoms with Gasteiger partial charge in [0, 0.05) is 22.2 Å². The third-order valence-corrected chi connectivity index (χ3v) is 6.85. The molecule has 0 saturated heterocycles. The number of pyridine rings is 1. The number of nitrogen functional groups attached to an aromatic ring is 1. The van der Waals surface area contributed by atoms with E-state index in [1.165, 1.54) is 35.6 Å². The topological polar surface area (TPSA) is 77.2 Å². The molecule has 0 atom stereocenters. The molecule has 3 N–H and O–H groups in total. The Morgan fingerprint density at radius 1 is 1.00 bits per heavy atom. The van der Waals surface area contributed by atoms with E-state index < -0.39 is 0 Å². The molecular formula is C28H22FN3O2S. The number of halogens is 1. The summed E-state index contributed by atoms with van der Waals surface area (Å²) in [4.78, 5) is 19.0. The second-order valence-electron chi connectivity index (χ2n) is 8.11. The standard InChI is InChI=1S/C28H22FN3O2S/c1-16-7-9-17(10-8-16)22-15-21(20-5-3-4-6-23(20)34-2)24-25(30)26(35-28(24)32-22)27(33)31-19-13-11-18(29)12-14-19/h3-15H,30H2,1-2H3,(H,31,33). The average molecular weight is 484 g/mol. The van der Waals surface area contributed by atoms with Gasteiger partial charge >= 0.3 is 0 Å². The Morgan fingerprint density at radius 3 is 2.43 bits per heavy atom. The fourth-order valence-electron chi connectivity index (χ4n) is 3.96. The lowest BCUT2D eigenvalue weighted by Gasteiger charge is -2.12. The first-order valence-corrected chi connectivity index (χ1v) is 11.8. The van der Waals surface area contributed by atoms with E-state index in [4.69, 9.17) is 15.5 Å². The number of fused-ring (bicyclic) bond motifs is 1. The van der Waals surface area contributed by atoms with Gasteiger partial charge in [0.2, 0.25) is 0 Å². The first-order valence-electron chi connectivity index (χ1n) is 10.9. The minimum Gasteiger partial charge on any atom is -0.496 e. The van der Waals surface area contributed by atoms with E-state index in [0.717, 1.165) is 27.9 Å². The van der Waals surface area contributed by atoms with Gasteiger partial charge in [-0.2, -0.15) is 0 Å². The number of nitrogens with one attached hydrogen (secondary N) is 1. The Bertz CT molecular complexity index is 1540. The summed E-state index contributed by atoms with van der Waals surface area (Å²) < 4.78 is 18.9. The molecule has 0 aliphatic rings. The molecule has 2 aromatic heterocycles. The van der Waals surface area contributed by atoms with Crippen LogP contribution in [0.5, 0.6) is 5.75 Å². The molecule has 5 aromatic rings. The van der Waals surface area contributed by atoms with Gasteiger partial charge in [0.05, 0.1) is 18.5 Å². The Balaban J connectivity index is 1.69. The van der Waals surface area contributed by atoms with Crippen LogP contribution in [0.1, 0.15) is 15.2 Å². The number of ether oxygens (including phenoxy) is 1. The molecule has 0 spiro atoms. The Hall–Kier alpha value is -4.23. The highest BCUT2D eigenvalue weighted by molar-refractivity contribution is 7.21. The van der Waals surface area contributed by atoms with Gasteiger partial charge in [-0.15, -0.1) is 11.3 Å². The van der Waals surface area contributed by atoms with Crippen molar-refractivity contribution in [3.8, 4) is 28.1 Å². The van der Waals surface area contributed by atoms with Crippen LogP contribution in [-0.4, -0.2) is 18.0 Å². The first-order chi connectivity index (χ1) is 16.9. The van der Waals surface area contributed by atoms with Crippen LogP contribution in [0.2, 0.25) is 0 Å². The smallest absolute Gasteiger partial charge is 0.267 e. The van der Waals surface area contributed by atoms with Crippen molar-refractivity contribution in [2.75, 3.05) is 18.2 Å². The Labute approximate surface area is 206 Å². The molecule has 5 nitrogen and oxygen atoms in total. The van der Waals surface area contributed by atoms with Crippen LogP contribution in [-0.2, 0) is 0 Å². The lowest BCUT2D eigenvalue weighted by molar-refractivity contribution is 0.103. The van der Waals surface area contributed by atoms with Crippen molar-refractivity contribution in [3.63, 3.8) is 0 Å². The largest absolute Gasteiger partial charge is 0.496 e. The van der Waals surface area contributed by atoms with E-state index in [2.05, 4.69) is 5.32 Å². The zero-order chi connectivity index (χ0) is 24.5. The highest BCUT2D eigenvalue weighted by atomic mass is 32.1. The fourth-order valence-corrected chi connectivity index (χ4v) is 4.98. The predicted octanol–water partition coefficient (Wildman–Crippen LogP) is 6.92. The number of nitrogens with zero attached hydrogens (tertiary/aromatic N) is 1. The minimum atomic E-state index is -0.376. The Morgan fingerprint density at radius 2 is 1.71 bits per heavy atom. The van der Waals surface area contributed by atoms with Crippen molar-refractivity contribution < 1.29 is 13.9 Å². The van der Waals surface area contributed by atoms with Gasteiger partial charge < -0.3 is 15.8 Å². The number of hydrogen-bond donors (Lipinski definition) is 2. The number of carbonyl (C=O) groups excluding carboxylic acids is 1. The summed E-state index contributed by atoms with van der Waals surface area (Å²) in [6.07, 6.45) is 0. The molecule has 0 aliphatic heterocycles. The summed E-state index contributed by atoms with van der Waals surface area (Å²) in [6.45, 7) is 2.03. The van der Waals surface area contributed by atoms with E-state index in [9.17, 15) is 9.18 Å². The van der Waals surface area contributed by atoms with Gasteiger partial charge in [-0.25, -0.2) is 9.37 Å². The second kappa shape index (κ2) is 9.19. The number of para-hydroxylation sites is 1. The van der Waals surface area contributed by atoms with Crippen molar-refractivity contribution in [1.29, 1.82) is 0 Å². The number of aryl methyl sites for hydroxylation is 1. The number of aromatic nitrogens is 1. The summed E-state index contributed by atoms with van der Waals surface area (Å²) in [5, 5.41) is 3.49. The van der Waals surface area contributed by atoms with E-state index in [1.54, 1.807) is 7.11 Å². The van der Waals surface area contributed by atoms with Gasteiger partial charge in [0.1, 0.15) is 21.3 Å². The molecule has 0 radical (unpaired) electrons. The number of thiophene rings is 1. The summed E-state index contributed by atoms with van der Waals surface area (Å²) >= 11 is 1.23. The maximum absolute atomic E-state index is 13.3. The number of benzene rings is 3. The average Bonchev–Trinajstić information content (AvgIpc) is 3.21. The van der Waals surface area contributed by atoms with Crippen LogP contribution in [0, 0.1) is 12.7 Å². The van der Waals surface area contributed by atoms with Crippen LogP contribution in [0.25, 0.3) is 32.6 Å². The third kappa shape index (κ3) is 4.34. The fraction of sp³-hybridized carbons (Fsp3) is 0.0714. The summed E-state index contributed by atoms with van der Waals surface area (Å²) in [6, 6.07) is 23.4. The second-order valence-corrected chi connectivity index (χ2v) is 9.11. The van der Waals surface area contributed by atoms with E-state index in [1.807, 2.05) is 61.5 Å². The number of anilines is 2. The quantitative estimate of drug-likeness (QED) is 0.284. The van der Waals surface area contributed by atoms with Gasteiger partial charge in [-0.3, -0.25) is 4.79 Å². The molecule has 3 aromatic carbocycles. The minimum absolute atomic E-state index is 0.341. The lowest BCUT2D eigenvalue weighted by atomic mass is 9.98. The van der Waals surface area contributed by atoms with E-state index in [-0.39, 0.29) is 11.7 Å². The number of rotatable bonds is 5. The van der Waals surface area contributed by atoms with Crippen molar-refractivity contribution in [1.82, 2.24) is 4.98 Å². The van der Waals surface area contributed by atoms with Gasteiger partial charge in [0.15, 0.2) is 0 Å². The number of amides is 1. The molecule has 0 unspecified atom stereocenters. The van der Waals surface area contributed by atoms with Crippen molar-refractivity contribution in [3.05, 3.63) is 95.1 Å². The molecule has 0 bridgehead atoms. The van der Waals surface area contributed by atoms with Crippen LogP contribution < -0.4 is 15.8 Å². The van der Waals surface area contributed by atoms with Gasteiger partial charge in [-0.1, -0.05) is 48.0 Å². The van der Waals surface area contributed by atoms with Crippen molar-refractivity contribution in [2.24, 2.45) is 0 Å². The number of nitrogens with two attached hydrogens (primary N) is 1. The number of methoxy groups -OCH3 is 1. The van der Waals surface area contributed by atoms with Crippen LogP contribution in [0.3, 0.4) is 0 Å². The highest BCUT2D eigenvalue weighted by Gasteiger charge is 2.23. The van der Waals surface area contributed by atoms with Crippen molar-refractivity contribution >= 4 is 38.8 Å². The normalized spacial score (nSPS) is 10.9. The third-order valence-electron chi connectivity index (χ3n) is 5.75. The molecule has 0 saturated carbocycles. The van der Waals surface area contributed by atoms with Crippen LogP contribution in [0.4, 0.5) is 15.8 Å². The monoisotopic (exact) mass is 483 g/mol. The molecule has 2 heterocycles. The zero-order valence-corrected chi connectivity index (χ0v) is 19.9. The Kier molecular flexibility index (Phi) is 5.93. The zero-order valence-electron chi connectivity index (χ0n) is 19.1. The molecule has 35 heavy (non-hydrogen) atoms. The van der Waals surface area contributed by atoms with E-state index in [0.29, 0.717) is 32.2 Å². The SMILES string of the molecule is COc1ccccc1-c1cc(-c2ccc(C)cc2)nc2sc(C(=O)Nc3ccc(F)cc3)c(N)c12.